The van der Waals surface area contributed by atoms with Crippen LogP contribution in [0.3, 0.4) is 0 Å². The highest BCUT2D eigenvalue weighted by Crippen LogP contribution is 2.28. The minimum Gasteiger partial charge on any atom is -0.461 e. The lowest BCUT2D eigenvalue weighted by atomic mass is 10.1. The maximum atomic E-state index is 12.1. The quantitative estimate of drug-likeness (QED) is 0.754. The van der Waals surface area contributed by atoms with Crippen LogP contribution in [-0.2, 0) is 19.6 Å². The van der Waals surface area contributed by atoms with Crippen LogP contribution < -0.4 is 10.0 Å². The van der Waals surface area contributed by atoms with Gasteiger partial charge in [-0.05, 0) is 19.1 Å². The fourth-order valence-corrected chi connectivity index (χ4v) is 3.31. The van der Waals surface area contributed by atoms with Gasteiger partial charge in [-0.1, -0.05) is 0 Å². The lowest BCUT2D eigenvalue weighted by Gasteiger charge is -2.18. The number of aromatic nitrogens is 1. The maximum absolute atomic E-state index is 12.1. The number of carbonyl (C=O) groups excluding carboxylic acids is 2. The molecule has 0 aliphatic carbocycles. The summed E-state index contributed by atoms with van der Waals surface area (Å²) in [4.78, 5) is 29.3. The highest BCUT2D eigenvalue weighted by molar-refractivity contribution is 7.89. The zero-order valence-corrected chi connectivity index (χ0v) is 12.9. The molecule has 2 heterocycles. The topological polar surface area (TPSA) is 120 Å². The lowest BCUT2D eigenvalue weighted by molar-refractivity contribution is -0.117. The number of rotatable bonds is 5. The van der Waals surface area contributed by atoms with Crippen molar-refractivity contribution in [3.05, 3.63) is 24.0 Å². The molecule has 9 heteroatoms. The third-order valence-electron chi connectivity index (χ3n) is 3.22. The average molecular weight is 327 g/mol. The van der Waals surface area contributed by atoms with Crippen LogP contribution in [0.1, 0.15) is 23.8 Å². The molecule has 1 aromatic rings. The molecule has 0 bridgehead atoms. The molecule has 1 atom stereocenters. The molecule has 120 valence electrons. The summed E-state index contributed by atoms with van der Waals surface area (Å²) < 4.78 is 27.2. The van der Waals surface area contributed by atoms with E-state index in [1.54, 1.807) is 19.1 Å². The number of pyridine rings is 1. The predicted octanol–water partition coefficient (Wildman–Crippen LogP) is -0.100. The van der Waals surface area contributed by atoms with Gasteiger partial charge in [-0.3, -0.25) is 4.79 Å². The second-order valence-corrected chi connectivity index (χ2v) is 6.65. The first kappa shape index (κ1) is 16.4. The smallest absolute Gasteiger partial charge is 0.359 e. The standard InChI is InChI=1S/C13H17N3O5S/c1-2-21-13(18)12-10(4-3-5-15-12)16-7-9(6-11(16)17)8-22(14,19)20/h3-5,9H,2,6-8H2,1H3,(H2,14,19,20). The van der Waals surface area contributed by atoms with Crippen LogP contribution in [0.2, 0.25) is 0 Å². The number of hydrogen-bond acceptors (Lipinski definition) is 6. The van der Waals surface area contributed by atoms with Crippen LogP contribution in [0.4, 0.5) is 5.69 Å². The summed E-state index contributed by atoms with van der Waals surface area (Å²) in [6.45, 7) is 2.04. The summed E-state index contributed by atoms with van der Waals surface area (Å²) in [5.74, 6) is -1.57. The molecular weight excluding hydrogens is 310 g/mol. The van der Waals surface area contributed by atoms with Crippen LogP contribution in [0.5, 0.6) is 0 Å². The summed E-state index contributed by atoms with van der Waals surface area (Å²) in [7, 11) is -3.66. The van der Waals surface area contributed by atoms with E-state index >= 15 is 0 Å². The second-order valence-electron chi connectivity index (χ2n) is 5.00. The van der Waals surface area contributed by atoms with Crippen molar-refractivity contribution in [1.29, 1.82) is 0 Å². The van der Waals surface area contributed by atoms with E-state index in [9.17, 15) is 18.0 Å². The van der Waals surface area contributed by atoms with Crippen LogP contribution in [-0.4, -0.2) is 44.2 Å². The lowest BCUT2D eigenvalue weighted by Crippen LogP contribution is -2.29. The molecule has 2 N–H and O–H groups in total. The van der Waals surface area contributed by atoms with Gasteiger partial charge in [0.2, 0.25) is 15.9 Å². The van der Waals surface area contributed by atoms with E-state index in [1.807, 2.05) is 0 Å². The number of sulfonamides is 1. The van der Waals surface area contributed by atoms with E-state index in [-0.39, 0.29) is 36.9 Å². The van der Waals surface area contributed by atoms with Gasteiger partial charge in [-0.15, -0.1) is 0 Å². The zero-order valence-electron chi connectivity index (χ0n) is 12.1. The molecule has 0 radical (unpaired) electrons. The summed E-state index contributed by atoms with van der Waals surface area (Å²) in [6, 6.07) is 3.18. The molecule has 1 amide bonds. The molecular formula is C13H17N3O5S. The normalized spacial score (nSPS) is 18.5. The van der Waals surface area contributed by atoms with Gasteiger partial charge < -0.3 is 9.64 Å². The number of ether oxygens (including phenoxy) is 1. The van der Waals surface area contributed by atoms with E-state index < -0.39 is 21.9 Å². The Bertz CT molecular complexity index is 689. The second kappa shape index (κ2) is 6.41. The van der Waals surface area contributed by atoms with Crippen molar-refractivity contribution < 1.29 is 22.7 Å². The first-order valence-corrected chi connectivity index (χ1v) is 8.46. The Hall–Kier alpha value is -2.00. The molecule has 1 aromatic heterocycles. The van der Waals surface area contributed by atoms with Crippen molar-refractivity contribution in [2.45, 2.75) is 13.3 Å². The monoisotopic (exact) mass is 327 g/mol. The van der Waals surface area contributed by atoms with Crippen molar-refractivity contribution in [2.75, 3.05) is 23.8 Å². The summed E-state index contributed by atoms with van der Waals surface area (Å²) in [6.07, 6.45) is 1.49. The molecule has 2 rings (SSSR count). The Morgan fingerprint density at radius 1 is 1.55 bits per heavy atom. The molecule has 1 fully saturated rings. The molecule has 0 spiro atoms. The Labute approximate surface area is 128 Å². The fraction of sp³-hybridized carbons (Fsp3) is 0.462. The summed E-state index contributed by atoms with van der Waals surface area (Å²) >= 11 is 0. The van der Waals surface area contributed by atoms with Crippen molar-refractivity contribution >= 4 is 27.6 Å². The van der Waals surface area contributed by atoms with Crippen molar-refractivity contribution in [1.82, 2.24) is 4.98 Å². The van der Waals surface area contributed by atoms with Gasteiger partial charge in [0.25, 0.3) is 0 Å². The van der Waals surface area contributed by atoms with E-state index in [0.717, 1.165) is 0 Å². The number of anilines is 1. The van der Waals surface area contributed by atoms with Gasteiger partial charge in [0, 0.05) is 25.1 Å². The largest absolute Gasteiger partial charge is 0.461 e. The number of hydrogen-bond donors (Lipinski definition) is 1. The minimum absolute atomic E-state index is 0.0361. The number of esters is 1. The zero-order chi connectivity index (χ0) is 16.3. The first-order chi connectivity index (χ1) is 10.3. The van der Waals surface area contributed by atoms with Crippen molar-refractivity contribution in [3.63, 3.8) is 0 Å². The first-order valence-electron chi connectivity index (χ1n) is 6.74. The van der Waals surface area contributed by atoms with Crippen molar-refractivity contribution in [3.8, 4) is 0 Å². The van der Waals surface area contributed by atoms with Crippen LogP contribution in [0.25, 0.3) is 0 Å². The Kier molecular flexibility index (Phi) is 4.77. The summed E-state index contributed by atoms with van der Waals surface area (Å²) in [5.41, 5.74) is 0.358. The number of amides is 1. The molecule has 22 heavy (non-hydrogen) atoms. The van der Waals surface area contributed by atoms with E-state index in [4.69, 9.17) is 9.88 Å². The van der Waals surface area contributed by atoms with Crippen molar-refractivity contribution in [2.24, 2.45) is 11.1 Å². The van der Waals surface area contributed by atoms with Crippen LogP contribution in [0.15, 0.2) is 18.3 Å². The number of nitrogens with two attached hydrogens (primary N) is 1. The molecule has 1 unspecified atom stereocenters. The number of nitrogens with zero attached hydrogens (tertiary/aromatic N) is 2. The molecule has 8 nitrogen and oxygen atoms in total. The van der Waals surface area contributed by atoms with E-state index in [0.29, 0.717) is 5.69 Å². The summed E-state index contributed by atoms with van der Waals surface area (Å²) in [5, 5.41) is 5.02. The average Bonchev–Trinajstić information content (AvgIpc) is 2.77. The van der Waals surface area contributed by atoms with Gasteiger partial charge in [-0.25, -0.2) is 23.3 Å². The highest BCUT2D eigenvalue weighted by Gasteiger charge is 2.35. The highest BCUT2D eigenvalue weighted by atomic mass is 32.2. The van der Waals surface area contributed by atoms with Gasteiger partial charge in [0.1, 0.15) is 0 Å². The molecule has 0 aromatic carbocycles. The minimum atomic E-state index is -3.66. The molecule has 1 aliphatic heterocycles. The van der Waals surface area contributed by atoms with Gasteiger partial charge in [-0.2, -0.15) is 0 Å². The van der Waals surface area contributed by atoms with Crippen LogP contribution in [0, 0.1) is 5.92 Å². The molecule has 1 saturated heterocycles. The van der Waals surface area contributed by atoms with Crippen LogP contribution >= 0.6 is 0 Å². The Morgan fingerprint density at radius 2 is 2.27 bits per heavy atom. The Balaban J connectivity index is 2.25. The number of primary sulfonamides is 1. The van der Waals surface area contributed by atoms with Gasteiger partial charge >= 0.3 is 5.97 Å². The molecule has 1 aliphatic rings. The third-order valence-corrected chi connectivity index (χ3v) is 4.16. The fourth-order valence-electron chi connectivity index (χ4n) is 2.43. The van der Waals surface area contributed by atoms with E-state index in [2.05, 4.69) is 4.98 Å². The van der Waals surface area contributed by atoms with Gasteiger partial charge in [0.15, 0.2) is 5.69 Å². The third kappa shape index (κ3) is 3.80. The Morgan fingerprint density at radius 3 is 2.91 bits per heavy atom. The number of carbonyl (C=O) groups is 2. The van der Waals surface area contributed by atoms with Gasteiger partial charge in [0.05, 0.1) is 18.0 Å². The predicted molar refractivity (Wildman–Crippen MR) is 78.6 cm³/mol. The molecule has 0 saturated carbocycles. The SMILES string of the molecule is CCOC(=O)c1ncccc1N1CC(CS(N)(=O)=O)CC1=O. The maximum Gasteiger partial charge on any atom is 0.359 e. The van der Waals surface area contributed by atoms with E-state index in [1.165, 1.54) is 11.1 Å².